The fourth-order valence-electron chi connectivity index (χ4n) is 1.53. The van der Waals surface area contributed by atoms with Crippen molar-refractivity contribution in [3.05, 3.63) is 36.1 Å². The molecule has 0 bridgehead atoms. The molecule has 80 valence electrons. The topological polar surface area (TPSA) is 57.2 Å². The SMILES string of the molecule is CN(CC#N)C(=O)c1coc2ccccc12. The largest absolute Gasteiger partial charge is 0.463 e. The summed E-state index contributed by atoms with van der Waals surface area (Å²) in [4.78, 5) is 13.3. The first-order valence-electron chi connectivity index (χ1n) is 4.82. The summed E-state index contributed by atoms with van der Waals surface area (Å²) in [7, 11) is 1.59. The van der Waals surface area contributed by atoms with E-state index in [1.807, 2.05) is 24.3 Å². The third-order valence-corrected chi connectivity index (χ3v) is 2.37. The molecule has 0 saturated heterocycles. The molecule has 0 aliphatic carbocycles. The highest BCUT2D eigenvalue weighted by Gasteiger charge is 2.16. The second-order valence-electron chi connectivity index (χ2n) is 3.46. The number of hydrogen-bond acceptors (Lipinski definition) is 3. The molecule has 2 rings (SSSR count). The van der Waals surface area contributed by atoms with E-state index in [0.29, 0.717) is 11.1 Å². The van der Waals surface area contributed by atoms with E-state index in [0.717, 1.165) is 5.39 Å². The van der Waals surface area contributed by atoms with Gasteiger partial charge in [0.1, 0.15) is 18.4 Å². The molecule has 0 aliphatic heterocycles. The molecule has 1 aromatic heterocycles. The summed E-state index contributed by atoms with van der Waals surface area (Å²) in [5, 5.41) is 9.30. The highest BCUT2D eigenvalue weighted by atomic mass is 16.3. The smallest absolute Gasteiger partial charge is 0.258 e. The highest BCUT2D eigenvalue weighted by molar-refractivity contribution is 6.05. The van der Waals surface area contributed by atoms with Crippen LogP contribution in [0, 0.1) is 11.3 Å². The number of carbonyl (C=O) groups is 1. The first-order valence-corrected chi connectivity index (χ1v) is 4.82. The molecular formula is C12H10N2O2. The van der Waals surface area contributed by atoms with E-state index in [-0.39, 0.29) is 12.5 Å². The summed E-state index contributed by atoms with van der Waals surface area (Å²) >= 11 is 0. The number of rotatable bonds is 2. The van der Waals surface area contributed by atoms with Gasteiger partial charge in [-0.05, 0) is 6.07 Å². The molecule has 0 aliphatic rings. The molecule has 0 radical (unpaired) electrons. The Morgan fingerprint density at radius 1 is 1.50 bits per heavy atom. The van der Waals surface area contributed by atoms with Crippen molar-refractivity contribution in [2.24, 2.45) is 0 Å². The van der Waals surface area contributed by atoms with Gasteiger partial charge in [0, 0.05) is 12.4 Å². The summed E-state index contributed by atoms with van der Waals surface area (Å²) in [6.07, 6.45) is 1.43. The van der Waals surface area contributed by atoms with Gasteiger partial charge in [0.25, 0.3) is 5.91 Å². The molecule has 0 atom stereocenters. The Morgan fingerprint density at radius 2 is 2.25 bits per heavy atom. The van der Waals surface area contributed by atoms with Crippen molar-refractivity contribution in [1.82, 2.24) is 4.90 Å². The van der Waals surface area contributed by atoms with Gasteiger partial charge in [-0.15, -0.1) is 0 Å². The summed E-state index contributed by atoms with van der Waals surface area (Å²) in [6.45, 7) is 0.0678. The number of furan rings is 1. The fraction of sp³-hybridized carbons (Fsp3) is 0.167. The summed E-state index contributed by atoms with van der Waals surface area (Å²) in [6, 6.07) is 9.25. The summed E-state index contributed by atoms with van der Waals surface area (Å²) in [5.41, 5.74) is 1.17. The molecule has 0 unspecified atom stereocenters. The Hall–Kier alpha value is -2.28. The Morgan fingerprint density at radius 3 is 3.00 bits per heavy atom. The molecule has 16 heavy (non-hydrogen) atoms. The fourth-order valence-corrected chi connectivity index (χ4v) is 1.53. The van der Waals surface area contributed by atoms with Crippen molar-refractivity contribution in [3.63, 3.8) is 0 Å². The van der Waals surface area contributed by atoms with E-state index in [9.17, 15) is 4.79 Å². The molecule has 1 heterocycles. The number of nitriles is 1. The quantitative estimate of drug-likeness (QED) is 0.718. The van der Waals surface area contributed by atoms with Crippen LogP contribution in [0.4, 0.5) is 0 Å². The molecule has 1 aromatic carbocycles. The Kier molecular flexibility index (Phi) is 2.61. The zero-order chi connectivity index (χ0) is 11.5. The average molecular weight is 214 g/mol. The maximum absolute atomic E-state index is 11.9. The van der Waals surface area contributed by atoms with Gasteiger partial charge < -0.3 is 9.32 Å². The molecular weight excluding hydrogens is 204 g/mol. The molecule has 0 saturated carbocycles. The minimum absolute atomic E-state index is 0.0678. The van der Waals surface area contributed by atoms with Gasteiger partial charge >= 0.3 is 0 Å². The number of fused-ring (bicyclic) bond motifs is 1. The molecule has 0 spiro atoms. The third-order valence-electron chi connectivity index (χ3n) is 2.37. The van der Waals surface area contributed by atoms with Crippen LogP contribution in [0.5, 0.6) is 0 Å². The van der Waals surface area contributed by atoms with Crippen molar-refractivity contribution in [2.45, 2.75) is 0 Å². The molecule has 0 N–H and O–H groups in total. The van der Waals surface area contributed by atoms with Gasteiger partial charge in [-0.2, -0.15) is 5.26 Å². The first kappa shape index (κ1) is 10.2. The van der Waals surface area contributed by atoms with Crippen LogP contribution < -0.4 is 0 Å². The van der Waals surface area contributed by atoms with Gasteiger partial charge in [0.2, 0.25) is 0 Å². The minimum atomic E-state index is -0.202. The molecule has 4 heteroatoms. The lowest BCUT2D eigenvalue weighted by atomic mass is 10.1. The van der Waals surface area contributed by atoms with Crippen LogP contribution in [0.15, 0.2) is 34.9 Å². The van der Waals surface area contributed by atoms with Crippen molar-refractivity contribution in [2.75, 3.05) is 13.6 Å². The zero-order valence-corrected chi connectivity index (χ0v) is 8.80. The maximum Gasteiger partial charge on any atom is 0.258 e. The van der Waals surface area contributed by atoms with Crippen LogP contribution in [0.3, 0.4) is 0 Å². The van der Waals surface area contributed by atoms with Crippen LogP contribution in [0.1, 0.15) is 10.4 Å². The second kappa shape index (κ2) is 4.07. The predicted octanol–water partition coefficient (Wildman–Crippen LogP) is 2.03. The van der Waals surface area contributed by atoms with Crippen LogP contribution >= 0.6 is 0 Å². The van der Waals surface area contributed by atoms with Crippen molar-refractivity contribution in [3.8, 4) is 6.07 Å². The van der Waals surface area contributed by atoms with Gasteiger partial charge in [-0.3, -0.25) is 4.79 Å². The third kappa shape index (κ3) is 1.63. The molecule has 2 aromatic rings. The minimum Gasteiger partial charge on any atom is -0.463 e. The number of hydrogen-bond donors (Lipinski definition) is 0. The van der Waals surface area contributed by atoms with Crippen LogP contribution in [-0.4, -0.2) is 24.4 Å². The Bertz CT molecular complexity index is 566. The second-order valence-corrected chi connectivity index (χ2v) is 3.46. The first-order chi connectivity index (χ1) is 7.74. The summed E-state index contributed by atoms with van der Waals surface area (Å²) < 4.78 is 5.27. The Balaban J connectivity index is 2.41. The van der Waals surface area contributed by atoms with Crippen molar-refractivity contribution in [1.29, 1.82) is 5.26 Å². The lowest BCUT2D eigenvalue weighted by Crippen LogP contribution is -2.26. The van der Waals surface area contributed by atoms with Crippen LogP contribution in [-0.2, 0) is 0 Å². The van der Waals surface area contributed by atoms with E-state index in [1.54, 1.807) is 13.1 Å². The normalized spacial score (nSPS) is 10.0. The number of para-hydroxylation sites is 1. The van der Waals surface area contributed by atoms with Gasteiger partial charge in [0.05, 0.1) is 11.6 Å². The highest BCUT2D eigenvalue weighted by Crippen LogP contribution is 2.21. The molecule has 4 nitrogen and oxygen atoms in total. The van der Waals surface area contributed by atoms with Crippen LogP contribution in [0.2, 0.25) is 0 Å². The van der Waals surface area contributed by atoms with E-state index < -0.39 is 0 Å². The van der Waals surface area contributed by atoms with Crippen molar-refractivity contribution < 1.29 is 9.21 Å². The van der Waals surface area contributed by atoms with Crippen molar-refractivity contribution >= 4 is 16.9 Å². The van der Waals surface area contributed by atoms with E-state index >= 15 is 0 Å². The monoisotopic (exact) mass is 214 g/mol. The number of amides is 1. The van der Waals surface area contributed by atoms with Gasteiger partial charge in [0.15, 0.2) is 0 Å². The predicted molar refractivity (Wildman–Crippen MR) is 58.8 cm³/mol. The molecule has 1 amide bonds. The van der Waals surface area contributed by atoms with E-state index in [1.165, 1.54) is 11.2 Å². The van der Waals surface area contributed by atoms with Gasteiger partial charge in [-0.25, -0.2) is 0 Å². The number of benzene rings is 1. The van der Waals surface area contributed by atoms with E-state index in [2.05, 4.69) is 0 Å². The lowest BCUT2D eigenvalue weighted by molar-refractivity contribution is 0.0813. The summed E-state index contributed by atoms with van der Waals surface area (Å²) in [5.74, 6) is -0.202. The van der Waals surface area contributed by atoms with E-state index in [4.69, 9.17) is 9.68 Å². The molecule has 0 fully saturated rings. The van der Waals surface area contributed by atoms with Gasteiger partial charge in [-0.1, -0.05) is 18.2 Å². The number of nitrogens with zero attached hydrogens (tertiary/aromatic N) is 2. The Labute approximate surface area is 92.7 Å². The standard InChI is InChI=1S/C12H10N2O2/c1-14(7-6-13)12(15)10-8-16-11-5-3-2-4-9(10)11/h2-5,8H,7H2,1H3. The maximum atomic E-state index is 11.9. The van der Waals surface area contributed by atoms with Crippen LogP contribution in [0.25, 0.3) is 11.0 Å². The lowest BCUT2D eigenvalue weighted by Gasteiger charge is -2.11. The average Bonchev–Trinajstić information content (AvgIpc) is 2.72. The zero-order valence-electron chi connectivity index (χ0n) is 8.80. The number of carbonyl (C=O) groups excluding carboxylic acids is 1.